The Morgan fingerprint density at radius 3 is 2.94 bits per heavy atom. The number of aldehydes is 1. The number of hydrogen-bond acceptors (Lipinski definition) is 4. The van der Waals surface area contributed by atoms with Crippen LogP contribution in [-0.4, -0.2) is 37.6 Å². The number of aryl methyl sites for hydroxylation is 1. The van der Waals surface area contributed by atoms with Crippen molar-refractivity contribution < 1.29 is 9.53 Å². The van der Waals surface area contributed by atoms with Crippen LogP contribution in [0.3, 0.4) is 0 Å². The van der Waals surface area contributed by atoms with Crippen LogP contribution in [0.15, 0.2) is 12.3 Å². The molecule has 0 aliphatic carbocycles. The van der Waals surface area contributed by atoms with Crippen molar-refractivity contribution in [3.63, 3.8) is 0 Å². The molecule has 1 aliphatic heterocycles. The van der Waals surface area contributed by atoms with E-state index in [4.69, 9.17) is 4.74 Å². The lowest BCUT2D eigenvalue weighted by Crippen LogP contribution is -2.44. The molecule has 2 heterocycles. The molecule has 1 aromatic rings. The SMILES string of the molecule is COC1CN(c2ncc(C=O)cc2C)CCC1C. The minimum atomic E-state index is 0.255. The lowest BCUT2D eigenvalue weighted by molar-refractivity contribution is 0.0496. The van der Waals surface area contributed by atoms with Crippen LogP contribution >= 0.6 is 0 Å². The van der Waals surface area contributed by atoms with Crippen molar-refractivity contribution in [3.05, 3.63) is 23.4 Å². The Balaban J connectivity index is 2.19. The molecule has 0 aromatic carbocycles. The summed E-state index contributed by atoms with van der Waals surface area (Å²) in [7, 11) is 1.76. The molecule has 0 bridgehead atoms. The van der Waals surface area contributed by atoms with E-state index < -0.39 is 0 Å². The van der Waals surface area contributed by atoms with Crippen LogP contribution in [0.2, 0.25) is 0 Å². The first kappa shape index (κ1) is 13.0. The number of anilines is 1. The highest BCUT2D eigenvalue weighted by Gasteiger charge is 2.27. The van der Waals surface area contributed by atoms with Crippen LogP contribution in [0.25, 0.3) is 0 Å². The van der Waals surface area contributed by atoms with E-state index in [0.717, 1.165) is 37.2 Å². The van der Waals surface area contributed by atoms with E-state index in [9.17, 15) is 4.79 Å². The number of aromatic nitrogens is 1. The summed E-state index contributed by atoms with van der Waals surface area (Å²) in [5, 5.41) is 0. The molecule has 2 unspecified atom stereocenters. The van der Waals surface area contributed by atoms with E-state index >= 15 is 0 Å². The molecule has 1 saturated heterocycles. The zero-order valence-electron chi connectivity index (χ0n) is 11.2. The number of carbonyl (C=O) groups excluding carboxylic acids is 1. The quantitative estimate of drug-likeness (QED) is 0.768. The Morgan fingerprint density at radius 2 is 2.33 bits per heavy atom. The van der Waals surface area contributed by atoms with Gasteiger partial charge < -0.3 is 9.64 Å². The molecule has 0 saturated carbocycles. The fourth-order valence-corrected chi connectivity index (χ4v) is 2.52. The Hall–Kier alpha value is -1.42. The molecule has 0 spiro atoms. The second-order valence-electron chi connectivity index (χ2n) is 5.01. The first-order chi connectivity index (χ1) is 8.65. The van der Waals surface area contributed by atoms with Gasteiger partial charge in [-0.05, 0) is 30.9 Å². The van der Waals surface area contributed by atoms with E-state index in [0.29, 0.717) is 11.5 Å². The van der Waals surface area contributed by atoms with Gasteiger partial charge in [-0.2, -0.15) is 0 Å². The number of piperidine rings is 1. The van der Waals surface area contributed by atoms with E-state index in [-0.39, 0.29) is 6.10 Å². The fraction of sp³-hybridized carbons (Fsp3) is 0.571. The first-order valence-corrected chi connectivity index (χ1v) is 6.35. The minimum absolute atomic E-state index is 0.255. The van der Waals surface area contributed by atoms with Crippen molar-refractivity contribution >= 4 is 12.1 Å². The number of methoxy groups -OCH3 is 1. The van der Waals surface area contributed by atoms with Crippen molar-refractivity contribution in [1.29, 1.82) is 0 Å². The molecular weight excluding hydrogens is 228 g/mol. The molecule has 4 nitrogen and oxygen atoms in total. The molecule has 0 amide bonds. The number of hydrogen-bond donors (Lipinski definition) is 0. The number of rotatable bonds is 3. The third kappa shape index (κ3) is 2.53. The van der Waals surface area contributed by atoms with Crippen molar-refractivity contribution in [2.75, 3.05) is 25.1 Å². The zero-order valence-corrected chi connectivity index (χ0v) is 11.2. The molecular formula is C14H20N2O2. The van der Waals surface area contributed by atoms with Crippen molar-refractivity contribution in [2.45, 2.75) is 26.4 Å². The van der Waals surface area contributed by atoms with Crippen LogP contribution in [0.4, 0.5) is 5.82 Å². The van der Waals surface area contributed by atoms with Crippen LogP contribution in [0, 0.1) is 12.8 Å². The monoisotopic (exact) mass is 248 g/mol. The van der Waals surface area contributed by atoms with Crippen LogP contribution in [-0.2, 0) is 4.74 Å². The molecule has 4 heteroatoms. The number of carbonyl (C=O) groups is 1. The van der Waals surface area contributed by atoms with Gasteiger partial charge in [-0.1, -0.05) is 6.92 Å². The normalized spacial score (nSPS) is 24.1. The third-order valence-corrected chi connectivity index (χ3v) is 3.70. The highest BCUT2D eigenvalue weighted by atomic mass is 16.5. The zero-order chi connectivity index (χ0) is 13.1. The third-order valence-electron chi connectivity index (χ3n) is 3.70. The molecule has 18 heavy (non-hydrogen) atoms. The second-order valence-corrected chi connectivity index (χ2v) is 5.01. The average Bonchev–Trinajstić information content (AvgIpc) is 2.39. The molecule has 1 aromatic heterocycles. The number of ether oxygens (including phenoxy) is 1. The van der Waals surface area contributed by atoms with E-state index in [1.807, 2.05) is 13.0 Å². The summed E-state index contributed by atoms with van der Waals surface area (Å²) in [6, 6.07) is 1.88. The minimum Gasteiger partial charge on any atom is -0.379 e. The lowest BCUT2D eigenvalue weighted by Gasteiger charge is -2.37. The summed E-state index contributed by atoms with van der Waals surface area (Å²) < 4.78 is 5.51. The maximum Gasteiger partial charge on any atom is 0.151 e. The molecule has 2 rings (SSSR count). The molecule has 98 valence electrons. The summed E-state index contributed by atoms with van der Waals surface area (Å²) in [4.78, 5) is 17.4. The first-order valence-electron chi connectivity index (χ1n) is 6.35. The van der Waals surface area contributed by atoms with Gasteiger partial charge in [0, 0.05) is 32.0 Å². The average molecular weight is 248 g/mol. The van der Waals surface area contributed by atoms with Crippen molar-refractivity contribution in [3.8, 4) is 0 Å². The number of pyridine rings is 1. The van der Waals surface area contributed by atoms with Gasteiger partial charge in [-0.15, -0.1) is 0 Å². The number of nitrogens with zero attached hydrogens (tertiary/aromatic N) is 2. The Morgan fingerprint density at radius 1 is 1.56 bits per heavy atom. The summed E-state index contributed by atoms with van der Waals surface area (Å²) in [6.07, 6.45) is 3.83. The van der Waals surface area contributed by atoms with Gasteiger partial charge in [0.2, 0.25) is 0 Å². The standard InChI is InChI=1S/C14H20N2O2/c1-10-4-5-16(8-13(10)18-3)14-11(2)6-12(9-17)7-15-14/h6-7,9-10,13H,4-5,8H2,1-3H3. The molecule has 1 aliphatic rings. The van der Waals surface area contributed by atoms with Crippen LogP contribution in [0.1, 0.15) is 29.3 Å². The molecule has 1 fully saturated rings. The van der Waals surface area contributed by atoms with E-state index in [1.54, 1.807) is 13.3 Å². The summed E-state index contributed by atoms with van der Waals surface area (Å²) in [5.74, 6) is 1.55. The predicted molar refractivity (Wildman–Crippen MR) is 71.2 cm³/mol. The van der Waals surface area contributed by atoms with Crippen molar-refractivity contribution in [2.24, 2.45) is 5.92 Å². The van der Waals surface area contributed by atoms with Crippen molar-refractivity contribution in [1.82, 2.24) is 4.98 Å². The summed E-state index contributed by atoms with van der Waals surface area (Å²) in [6.45, 7) is 6.08. The fourth-order valence-electron chi connectivity index (χ4n) is 2.52. The van der Waals surface area contributed by atoms with Gasteiger partial charge in [0.15, 0.2) is 6.29 Å². The molecule has 0 radical (unpaired) electrons. The van der Waals surface area contributed by atoms with Crippen LogP contribution in [0.5, 0.6) is 0 Å². The summed E-state index contributed by atoms with van der Waals surface area (Å²) in [5.41, 5.74) is 1.67. The van der Waals surface area contributed by atoms with Gasteiger partial charge in [0.25, 0.3) is 0 Å². The smallest absolute Gasteiger partial charge is 0.151 e. The van der Waals surface area contributed by atoms with E-state index in [2.05, 4.69) is 16.8 Å². The van der Waals surface area contributed by atoms with Gasteiger partial charge in [0.05, 0.1) is 6.10 Å². The van der Waals surface area contributed by atoms with Gasteiger partial charge in [-0.25, -0.2) is 4.98 Å². The lowest BCUT2D eigenvalue weighted by atomic mass is 9.95. The topological polar surface area (TPSA) is 42.4 Å². The Labute approximate surface area is 108 Å². The molecule has 0 N–H and O–H groups in total. The van der Waals surface area contributed by atoms with E-state index in [1.165, 1.54) is 0 Å². The Kier molecular flexibility index (Phi) is 3.97. The molecule has 2 atom stereocenters. The Bertz CT molecular complexity index is 434. The maximum atomic E-state index is 10.7. The maximum absolute atomic E-state index is 10.7. The van der Waals surface area contributed by atoms with Gasteiger partial charge >= 0.3 is 0 Å². The second kappa shape index (κ2) is 5.48. The summed E-state index contributed by atoms with van der Waals surface area (Å²) >= 11 is 0. The van der Waals surface area contributed by atoms with Crippen LogP contribution < -0.4 is 4.90 Å². The van der Waals surface area contributed by atoms with Gasteiger partial charge in [0.1, 0.15) is 5.82 Å². The largest absolute Gasteiger partial charge is 0.379 e. The highest BCUT2D eigenvalue weighted by Crippen LogP contribution is 2.25. The highest BCUT2D eigenvalue weighted by molar-refractivity contribution is 5.75. The predicted octanol–water partition coefficient (Wildman–Crippen LogP) is 2.06. The van der Waals surface area contributed by atoms with Gasteiger partial charge in [-0.3, -0.25) is 4.79 Å².